The summed E-state index contributed by atoms with van der Waals surface area (Å²) in [5.74, 6) is 0. The quantitative estimate of drug-likeness (QED) is 0.157. The summed E-state index contributed by atoms with van der Waals surface area (Å²) in [7, 11) is 0. The standard InChI is InChI=1S/C58H43N/c1-57(44-21-8-4-9-22-44)53-27-14-12-25-49(53)51-38-47(33-35-55(51)57)59(46-31-29-41(30-32-46)43-20-16-19-42(37-43)40-17-6-3-7-18-40)48-34-36-56-52(39-48)50-26-13-15-28-54(50)58(56,2)45-23-10-5-11-24-45/h3-39H,1-2H3. The van der Waals surface area contributed by atoms with E-state index in [1.165, 1.54) is 77.9 Å². The Kier molecular flexibility index (Phi) is 8.13. The molecule has 0 bridgehead atoms. The summed E-state index contributed by atoms with van der Waals surface area (Å²) >= 11 is 0. The lowest BCUT2D eigenvalue weighted by molar-refractivity contribution is 0.714. The van der Waals surface area contributed by atoms with Crippen molar-refractivity contribution in [2.24, 2.45) is 0 Å². The van der Waals surface area contributed by atoms with Crippen molar-refractivity contribution < 1.29 is 0 Å². The molecule has 280 valence electrons. The molecule has 0 N–H and O–H groups in total. The number of nitrogens with zero attached hydrogens (tertiary/aromatic N) is 1. The monoisotopic (exact) mass is 753 g/mol. The summed E-state index contributed by atoms with van der Waals surface area (Å²) in [6, 6.07) is 82.8. The number of rotatable bonds is 7. The first-order chi connectivity index (χ1) is 29.0. The van der Waals surface area contributed by atoms with Crippen LogP contribution in [-0.2, 0) is 10.8 Å². The fourth-order valence-corrected chi connectivity index (χ4v) is 10.2. The van der Waals surface area contributed by atoms with Gasteiger partial charge in [-0.15, -0.1) is 0 Å². The lowest BCUT2D eigenvalue weighted by Crippen LogP contribution is -2.22. The Bertz CT molecular complexity index is 2860. The van der Waals surface area contributed by atoms with E-state index in [0.29, 0.717) is 0 Å². The molecule has 0 saturated carbocycles. The summed E-state index contributed by atoms with van der Waals surface area (Å²) in [4.78, 5) is 2.45. The molecule has 1 heteroatoms. The zero-order chi connectivity index (χ0) is 39.6. The van der Waals surface area contributed by atoms with E-state index >= 15 is 0 Å². The first-order valence-electron chi connectivity index (χ1n) is 20.7. The van der Waals surface area contributed by atoms with Gasteiger partial charge in [-0.3, -0.25) is 0 Å². The van der Waals surface area contributed by atoms with Crippen molar-refractivity contribution in [2.75, 3.05) is 4.90 Å². The minimum atomic E-state index is -0.258. The van der Waals surface area contributed by atoms with E-state index in [-0.39, 0.29) is 10.8 Å². The first-order valence-corrected chi connectivity index (χ1v) is 20.7. The highest BCUT2D eigenvalue weighted by Gasteiger charge is 2.42. The molecule has 0 heterocycles. The maximum atomic E-state index is 2.45. The SMILES string of the molecule is CC1(c2ccccc2)c2ccccc2-c2cc(N(c3ccc(-c4cccc(-c5ccccc5)c4)cc3)c3ccc4c(c3)-c3ccccc3C4(C)c3ccccc3)ccc21. The Balaban J connectivity index is 1.08. The maximum Gasteiger partial charge on any atom is 0.0468 e. The van der Waals surface area contributed by atoms with Gasteiger partial charge in [0.25, 0.3) is 0 Å². The fourth-order valence-electron chi connectivity index (χ4n) is 10.2. The van der Waals surface area contributed by atoms with Crippen molar-refractivity contribution in [3.05, 3.63) is 258 Å². The van der Waals surface area contributed by atoms with Crippen LogP contribution in [0.5, 0.6) is 0 Å². The molecule has 2 unspecified atom stereocenters. The fraction of sp³-hybridized carbons (Fsp3) is 0.0690. The van der Waals surface area contributed by atoms with Gasteiger partial charge in [-0.2, -0.15) is 0 Å². The van der Waals surface area contributed by atoms with Gasteiger partial charge < -0.3 is 4.90 Å². The van der Waals surface area contributed by atoms with E-state index < -0.39 is 0 Å². The van der Waals surface area contributed by atoms with Crippen molar-refractivity contribution >= 4 is 17.1 Å². The van der Waals surface area contributed by atoms with Crippen LogP contribution in [0.2, 0.25) is 0 Å². The Labute approximate surface area is 347 Å². The van der Waals surface area contributed by atoms with Crippen molar-refractivity contribution in [3.63, 3.8) is 0 Å². The van der Waals surface area contributed by atoms with E-state index in [4.69, 9.17) is 0 Å². The van der Waals surface area contributed by atoms with Gasteiger partial charge in [-0.1, -0.05) is 182 Å². The predicted molar refractivity (Wildman–Crippen MR) is 247 cm³/mol. The van der Waals surface area contributed by atoms with E-state index in [2.05, 4.69) is 243 Å². The average Bonchev–Trinajstić information content (AvgIpc) is 3.73. The zero-order valence-electron chi connectivity index (χ0n) is 33.3. The van der Waals surface area contributed by atoms with Crippen LogP contribution in [0, 0.1) is 0 Å². The van der Waals surface area contributed by atoms with Crippen LogP contribution < -0.4 is 4.90 Å². The molecule has 0 radical (unpaired) electrons. The normalized spacial score (nSPS) is 17.1. The summed E-state index contributed by atoms with van der Waals surface area (Å²) < 4.78 is 0. The topological polar surface area (TPSA) is 3.24 Å². The lowest BCUT2D eigenvalue weighted by Gasteiger charge is -2.30. The number of anilines is 3. The Hall–Kier alpha value is -7.22. The Morgan fingerprint density at radius 3 is 1.14 bits per heavy atom. The van der Waals surface area contributed by atoms with Crippen molar-refractivity contribution in [1.82, 2.24) is 0 Å². The molecule has 11 rings (SSSR count). The molecule has 0 spiro atoms. The van der Waals surface area contributed by atoms with Crippen LogP contribution in [0.25, 0.3) is 44.5 Å². The Morgan fingerprint density at radius 1 is 0.271 bits per heavy atom. The number of hydrogen-bond acceptors (Lipinski definition) is 1. The molecular weight excluding hydrogens is 711 g/mol. The molecule has 59 heavy (non-hydrogen) atoms. The van der Waals surface area contributed by atoms with Crippen molar-refractivity contribution in [1.29, 1.82) is 0 Å². The lowest BCUT2D eigenvalue weighted by atomic mass is 9.74. The maximum absolute atomic E-state index is 2.45. The molecule has 9 aromatic rings. The van der Waals surface area contributed by atoms with Gasteiger partial charge in [-0.25, -0.2) is 0 Å². The van der Waals surface area contributed by atoms with Gasteiger partial charge in [0.1, 0.15) is 0 Å². The third kappa shape index (κ3) is 5.46. The van der Waals surface area contributed by atoms with Crippen molar-refractivity contribution in [2.45, 2.75) is 24.7 Å². The van der Waals surface area contributed by atoms with E-state index in [1.807, 2.05) is 0 Å². The van der Waals surface area contributed by atoms with Crippen molar-refractivity contribution in [3.8, 4) is 44.5 Å². The molecule has 1 nitrogen and oxygen atoms in total. The van der Waals surface area contributed by atoms with Gasteiger partial charge in [-0.05, 0) is 134 Å². The number of hydrogen-bond donors (Lipinski definition) is 0. The minimum absolute atomic E-state index is 0.258. The average molecular weight is 754 g/mol. The molecular formula is C58H43N. The van der Waals surface area contributed by atoms with E-state index in [0.717, 1.165) is 17.1 Å². The van der Waals surface area contributed by atoms with Gasteiger partial charge in [0.2, 0.25) is 0 Å². The molecule has 0 fully saturated rings. The van der Waals surface area contributed by atoms with Crippen LogP contribution in [0.15, 0.2) is 224 Å². The highest BCUT2D eigenvalue weighted by molar-refractivity contribution is 5.91. The van der Waals surface area contributed by atoms with Gasteiger partial charge >= 0.3 is 0 Å². The molecule has 0 amide bonds. The predicted octanol–water partition coefficient (Wildman–Crippen LogP) is 15.2. The molecule has 0 saturated heterocycles. The second-order valence-electron chi connectivity index (χ2n) is 16.4. The van der Waals surface area contributed by atoms with Crippen LogP contribution in [-0.4, -0.2) is 0 Å². The van der Waals surface area contributed by atoms with E-state index in [9.17, 15) is 0 Å². The van der Waals surface area contributed by atoms with Crippen LogP contribution in [0.4, 0.5) is 17.1 Å². The number of benzene rings is 9. The van der Waals surface area contributed by atoms with Gasteiger partial charge in [0.05, 0.1) is 0 Å². The molecule has 2 atom stereocenters. The smallest absolute Gasteiger partial charge is 0.0468 e. The summed E-state index contributed by atoms with van der Waals surface area (Å²) in [6.45, 7) is 4.77. The van der Waals surface area contributed by atoms with Crippen LogP contribution in [0.1, 0.15) is 47.2 Å². The highest BCUT2D eigenvalue weighted by atomic mass is 15.1. The third-order valence-corrected chi connectivity index (χ3v) is 13.2. The molecule has 9 aromatic carbocycles. The Morgan fingerprint density at radius 2 is 0.644 bits per heavy atom. The third-order valence-electron chi connectivity index (χ3n) is 13.2. The van der Waals surface area contributed by atoms with Gasteiger partial charge in [0.15, 0.2) is 0 Å². The molecule has 2 aliphatic rings. The zero-order valence-corrected chi connectivity index (χ0v) is 33.3. The summed E-state index contributed by atoms with van der Waals surface area (Å²) in [6.07, 6.45) is 0. The number of fused-ring (bicyclic) bond motifs is 6. The molecule has 0 aromatic heterocycles. The summed E-state index contributed by atoms with van der Waals surface area (Å²) in [5, 5.41) is 0. The van der Waals surface area contributed by atoms with Crippen LogP contribution >= 0.6 is 0 Å². The molecule has 0 aliphatic heterocycles. The van der Waals surface area contributed by atoms with E-state index in [1.54, 1.807) is 0 Å². The summed E-state index contributed by atoms with van der Waals surface area (Å²) in [5.41, 5.74) is 20.8. The van der Waals surface area contributed by atoms with Crippen LogP contribution in [0.3, 0.4) is 0 Å². The molecule has 2 aliphatic carbocycles. The first kappa shape index (κ1) is 35.0. The highest BCUT2D eigenvalue weighted by Crippen LogP contribution is 2.56. The van der Waals surface area contributed by atoms with Gasteiger partial charge in [0, 0.05) is 27.9 Å². The second-order valence-corrected chi connectivity index (χ2v) is 16.4. The second kappa shape index (κ2) is 13.7. The largest absolute Gasteiger partial charge is 0.310 e. The minimum Gasteiger partial charge on any atom is -0.310 e.